The molecule has 0 saturated carbocycles. The molecule has 0 aromatic heterocycles. The van der Waals surface area contributed by atoms with Gasteiger partial charge in [0.15, 0.2) is 0 Å². The molecule has 0 bridgehead atoms. The Kier molecular flexibility index (Phi) is 4.64. The van der Waals surface area contributed by atoms with Gasteiger partial charge in [0.25, 0.3) is 0 Å². The van der Waals surface area contributed by atoms with Crippen molar-refractivity contribution in [2.75, 3.05) is 0 Å². The Morgan fingerprint density at radius 3 is 2.44 bits per heavy atom. The number of hydrogen-bond acceptors (Lipinski definition) is 2. The van der Waals surface area contributed by atoms with E-state index in [4.69, 9.17) is 5.11 Å². The van der Waals surface area contributed by atoms with Gasteiger partial charge in [0, 0.05) is 12.8 Å². The van der Waals surface area contributed by atoms with Gasteiger partial charge in [-0.25, -0.2) is 9.18 Å². The number of carbonyl (C=O) groups is 2. The van der Waals surface area contributed by atoms with E-state index in [1.807, 2.05) is 30.3 Å². The Morgan fingerprint density at radius 1 is 1.25 bits per heavy atom. The number of carboxylic acids is 1. The van der Waals surface area contributed by atoms with Crippen molar-refractivity contribution in [3.63, 3.8) is 0 Å². The smallest absolute Gasteiger partial charge is 0.338 e. The molecule has 0 aliphatic rings. The van der Waals surface area contributed by atoms with Gasteiger partial charge >= 0.3 is 5.97 Å². The van der Waals surface area contributed by atoms with Crippen LogP contribution in [0.5, 0.6) is 0 Å². The number of rotatable bonds is 6. The standard InChI is InChI=1S/C12H13FO3/c13-11(12(15)16)8-10(14)7-6-9-4-2-1-3-5-9/h1-5,11H,6-8H2,(H,15,16). The molecule has 0 aliphatic heterocycles. The molecule has 0 amide bonds. The normalized spacial score (nSPS) is 12.1. The van der Waals surface area contributed by atoms with Crippen LogP contribution >= 0.6 is 0 Å². The number of carboxylic acid groups (broad SMARTS) is 1. The van der Waals surface area contributed by atoms with Crippen LogP contribution in [0.15, 0.2) is 30.3 Å². The maximum atomic E-state index is 12.7. The van der Waals surface area contributed by atoms with E-state index in [9.17, 15) is 14.0 Å². The van der Waals surface area contributed by atoms with Gasteiger partial charge < -0.3 is 5.11 Å². The Balaban J connectivity index is 2.33. The van der Waals surface area contributed by atoms with Crippen molar-refractivity contribution in [1.82, 2.24) is 0 Å². The minimum Gasteiger partial charge on any atom is -0.479 e. The molecule has 0 saturated heterocycles. The molecule has 1 N–H and O–H groups in total. The zero-order chi connectivity index (χ0) is 12.0. The zero-order valence-electron chi connectivity index (χ0n) is 8.73. The third-order valence-corrected chi connectivity index (χ3v) is 2.21. The van der Waals surface area contributed by atoms with Gasteiger partial charge in [-0.05, 0) is 12.0 Å². The summed E-state index contributed by atoms with van der Waals surface area (Å²) >= 11 is 0. The number of aryl methyl sites for hydroxylation is 1. The predicted octanol–water partition coefficient (Wildman–Crippen LogP) is 2.00. The van der Waals surface area contributed by atoms with Crippen LogP contribution < -0.4 is 0 Å². The van der Waals surface area contributed by atoms with Gasteiger partial charge in [0.2, 0.25) is 6.17 Å². The topological polar surface area (TPSA) is 54.4 Å². The van der Waals surface area contributed by atoms with E-state index < -0.39 is 18.6 Å². The van der Waals surface area contributed by atoms with Crippen LogP contribution in [-0.4, -0.2) is 23.0 Å². The second kappa shape index (κ2) is 6.00. The van der Waals surface area contributed by atoms with Crippen LogP contribution in [0.4, 0.5) is 4.39 Å². The lowest BCUT2D eigenvalue weighted by molar-refractivity contribution is -0.144. The van der Waals surface area contributed by atoms with Crippen LogP contribution in [0, 0.1) is 0 Å². The predicted molar refractivity (Wildman–Crippen MR) is 56.9 cm³/mol. The van der Waals surface area contributed by atoms with E-state index in [0.717, 1.165) is 5.56 Å². The number of halogens is 1. The summed E-state index contributed by atoms with van der Waals surface area (Å²) < 4.78 is 12.7. The Labute approximate surface area is 92.9 Å². The van der Waals surface area contributed by atoms with E-state index in [1.54, 1.807) is 0 Å². The van der Waals surface area contributed by atoms with Gasteiger partial charge in [-0.2, -0.15) is 0 Å². The SMILES string of the molecule is O=C(CCc1ccccc1)CC(F)C(=O)O. The minimum absolute atomic E-state index is 0.178. The molecule has 0 spiro atoms. The lowest BCUT2D eigenvalue weighted by Gasteiger charge is -2.02. The lowest BCUT2D eigenvalue weighted by atomic mass is 10.0. The third kappa shape index (κ3) is 4.21. The summed E-state index contributed by atoms with van der Waals surface area (Å²) in [4.78, 5) is 21.4. The van der Waals surface area contributed by atoms with E-state index in [-0.39, 0.29) is 12.2 Å². The molecule has 1 aromatic carbocycles. The molecule has 86 valence electrons. The first-order valence-corrected chi connectivity index (χ1v) is 5.02. The molecular weight excluding hydrogens is 211 g/mol. The number of aliphatic carboxylic acids is 1. The van der Waals surface area contributed by atoms with Gasteiger partial charge in [-0.15, -0.1) is 0 Å². The van der Waals surface area contributed by atoms with Crippen molar-refractivity contribution in [3.05, 3.63) is 35.9 Å². The molecule has 0 radical (unpaired) electrons. The maximum absolute atomic E-state index is 12.7. The highest BCUT2D eigenvalue weighted by atomic mass is 19.1. The fourth-order valence-electron chi connectivity index (χ4n) is 1.32. The summed E-state index contributed by atoms with van der Waals surface area (Å²) in [5.74, 6) is -1.94. The molecular formula is C12H13FO3. The fourth-order valence-corrected chi connectivity index (χ4v) is 1.32. The summed E-state index contributed by atoms with van der Waals surface area (Å²) in [6, 6.07) is 9.33. The molecule has 1 aromatic rings. The largest absolute Gasteiger partial charge is 0.479 e. The number of benzene rings is 1. The highest BCUT2D eigenvalue weighted by molar-refractivity contribution is 5.85. The van der Waals surface area contributed by atoms with Gasteiger partial charge in [-0.1, -0.05) is 30.3 Å². The molecule has 3 nitrogen and oxygen atoms in total. The van der Waals surface area contributed by atoms with E-state index in [1.165, 1.54) is 0 Å². The van der Waals surface area contributed by atoms with Crippen LogP contribution in [-0.2, 0) is 16.0 Å². The zero-order valence-corrected chi connectivity index (χ0v) is 8.73. The Morgan fingerprint density at radius 2 is 1.88 bits per heavy atom. The van der Waals surface area contributed by atoms with Crippen LogP contribution in [0.25, 0.3) is 0 Å². The van der Waals surface area contributed by atoms with Crippen LogP contribution in [0.2, 0.25) is 0 Å². The summed E-state index contributed by atoms with van der Waals surface area (Å²) in [6.45, 7) is 0. The first kappa shape index (κ1) is 12.4. The number of hydrogen-bond donors (Lipinski definition) is 1. The van der Waals surface area contributed by atoms with Crippen LogP contribution in [0.1, 0.15) is 18.4 Å². The second-order valence-corrected chi connectivity index (χ2v) is 3.53. The molecule has 4 heteroatoms. The fraction of sp³-hybridized carbons (Fsp3) is 0.333. The van der Waals surface area contributed by atoms with Crippen molar-refractivity contribution in [1.29, 1.82) is 0 Å². The van der Waals surface area contributed by atoms with Crippen molar-refractivity contribution >= 4 is 11.8 Å². The van der Waals surface area contributed by atoms with Crippen molar-refractivity contribution in [2.45, 2.75) is 25.4 Å². The summed E-state index contributed by atoms with van der Waals surface area (Å²) in [7, 11) is 0. The molecule has 1 unspecified atom stereocenters. The van der Waals surface area contributed by atoms with Gasteiger partial charge in [0.1, 0.15) is 5.78 Å². The molecule has 16 heavy (non-hydrogen) atoms. The quantitative estimate of drug-likeness (QED) is 0.804. The minimum atomic E-state index is -2.08. The molecule has 0 aliphatic carbocycles. The summed E-state index contributed by atoms with van der Waals surface area (Å²) in [5, 5.41) is 8.29. The second-order valence-electron chi connectivity index (χ2n) is 3.53. The molecule has 0 heterocycles. The highest BCUT2D eigenvalue weighted by Gasteiger charge is 2.19. The number of Topliss-reactive ketones (excluding diaryl/α,β-unsaturated/α-hetero) is 1. The molecule has 1 atom stereocenters. The van der Waals surface area contributed by atoms with Crippen molar-refractivity contribution < 1.29 is 19.1 Å². The monoisotopic (exact) mass is 224 g/mol. The number of carbonyl (C=O) groups excluding carboxylic acids is 1. The average molecular weight is 224 g/mol. The van der Waals surface area contributed by atoms with Gasteiger partial charge in [-0.3, -0.25) is 4.79 Å². The Hall–Kier alpha value is -1.71. The van der Waals surface area contributed by atoms with Crippen molar-refractivity contribution in [2.24, 2.45) is 0 Å². The molecule has 1 rings (SSSR count). The maximum Gasteiger partial charge on any atom is 0.338 e. The number of alkyl halides is 1. The summed E-state index contributed by atoms with van der Waals surface area (Å²) in [5.41, 5.74) is 0.988. The van der Waals surface area contributed by atoms with E-state index in [2.05, 4.69) is 0 Å². The van der Waals surface area contributed by atoms with Crippen molar-refractivity contribution in [3.8, 4) is 0 Å². The van der Waals surface area contributed by atoms with Crippen LogP contribution in [0.3, 0.4) is 0 Å². The Bertz CT molecular complexity index is 362. The third-order valence-electron chi connectivity index (χ3n) is 2.21. The first-order valence-electron chi connectivity index (χ1n) is 5.02. The highest BCUT2D eigenvalue weighted by Crippen LogP contribution is 2.07. The average Bonchev–Trinajstić information content (AvgIpc) is 2.27. The number of ketones is 1. The van der Waals surface area contributed by atoms with E-state index in [0.29, 0.717) is 6.42 Å². The van der Waals surface area contributed by atoms with E-state index >= 15 is 0 Å². The first-order chi connectivity index (χ1) is 7.59. The van der Waals surface area contributed by atoms with Gasteiger partial charge in [0.05, 0.1) is 0 Å². The lowest BCUT2D eigenvalue weighted by Crippen LogP contribution is -2.19. The molecule has 0 fully saturated rings. The summed E-state index contributed by atoms with van der Waals surface area (Å²) in [6.07, 6.45) is -1.92.